The first kappa shape index (κ1) is 15.8. The van der Waals surface area contributed by atoms with E-state index in [2.05, 4.69) is 11.8 Å². The van der Waals surface area contributed by atoms with Gasteiger partial charge in [0.1, 0.15) is 5.56 Å². The maximum Gasteiger partial charge on any atom is 0.282 e. The van der Waals surface area contributed by atoms with Crippen LogP contribution in [0.5, 0.6) is 0 Å². The molecule has 0 spiro atoms. The average molecular weight is 309 g/mol. The second kappa shape index (κ2) is 6.91. The van der Waals surface area contributed by atoms with Crippen LogP contribution in [0.3, 0.4) is 0 Å². The van der Waals surface area contributed by atoms with Crippen molar-refractivity contribution in [1.82, 2.24) is 9.80 Å². The second-order valence-electron chi connectivity index (χ2n) is 4.87. The topological polar surface area (TPSA) is 66.7 Å². The van der Waals surface area contributed by atoms with Crippen molar-refractivity contribution >= 4 is 23.4 Å². The molecule has 1 aliphatic rings. The highest BCUT2D eigenvalue weighted by Gasteiger charge is 2.27. The molecule has 0 unspecified atom stereocenters. The molecular formula is C14H19N3O3S. The lowest BCUT2D eigenvalue weighted by atomic mass is 10.1. The van der Waals surface area contributed by atoms with E-state index < -0.39 is 4.92 Å². The van der Waals surface area contributed by atoms with Gasteiger partial charge < -0.3 is 9.80 Å². The summed E-state index contributed by atoms with van der Waals surface area (Å²) < 4.78 is 0. The summed E-state index contributed by atoms with van der Waals surface area (Å²) in [4.78, 5) is 28.0. The van der Waals surface area contributed by atoms with Gasteiger partial charge >= 0.3 is 0 Å². The van der Waals surface area contributed by atoms with Crippen molar-refractivity contribution < 1.29 is 9.72 Å². The Kier molecular flexibility index (Phi) is 5.19. The van der Waals surface area contributed by atoms with E-state index in [1.807, 2.05) is 6.26 Å². The van der Waals surface area contributed by atoms with Gasteiger partial charge in [-0.05, 0) is 24.9 Å². The van der Waals surface area contributed by atoms with Crippen LogP contribution in [-0.4, -0.2) is 59.6 Å². The van der Waals surface area contributed by atoms with E-state index in [1.165, 1.54) is 17.8 Å². The number of hydrogen-bond donors (Lipinski definition) is 0. The first-order valence-electron chi connectivity index (χ1n) is 6.91. The van der Waals surface area contributed by atoms with Gasteiger partial charge in [-0.15, -0.1) is 11.8 Å². The highest BCUT2D eigenvalue weighted by Crippen LogP contribution is 2.26. The summed E-state index contributed by atoms with van der Waals surface area (Å²) in [5, 5.41) is 11.1. The number of piperazine rings is 1. The Hall–Kier alpha value is -1.60. The smallest absolute Gasteiger partial charge is 0.282 e. The molecule has 0 saturated carbocycles. The van der Waals surface area contributed by atoms with Crippen LogP contribution in [0.25, 0.3) is 0 Å². The van der Waals surface area contributed by atoms with E-state index in [1.54, 1.807) is 17.0 Å². The second-order valence-corrected chi connectivity index (χ2v) is 5.75. The Morgan fingerprint density at radius 2 is 2.00 bits per heavy atom. The Bertz CT molecular complexity index is 542. The van der Waals surface area contributed by atoms with Crippen LogP contribution in [0.1, 0.15) is 17.3 Å². The first-order chi connectivity index (χ1) is 10.1. The molecule has 0 radical (unpaired) electrons. The van der Waals surface area contributed by atoms with E-state index in [-0.39, 0.29) is 17.2 Å². The minimum atomic E-state index is -0.486. The van der Waals surface area contributed by atoms with Crippen molar-refractivity contribution in [2.75, 3.05) is 39.0 Å². The van der Waals surface area contributed by atoms with Gasteiger partial charge in [0.25, 0.3) is 11.6 Å². The van der Waals surface area contributed by atoms with E-state index in [0.29, 0.717) is 13.1 Å². The van der Waals surface area contributed by atoms with Gasteiger partial charge in [0, 0.05) is 37.1 Å². The first-order valence-corrected chi connectivity index (χ1v) is 8.13. The van der Waals surface area contributed by atoms with Gasteiger partial charge in [-0.2, -0.15) is 0 Å². The number of rotatable bonds is 4. The molecule has 21 heavy (non-hydrogen) atoms. The van der Waals surface area contributed by atoms with Gasteiger partial charge in [0.15, 0.2) is 0 Å². The molecule has 1 aromatic rings. The molecule has 1 heterocycles. The predicted octanol–water partition coefficient (Wildman–Crippen LogP) is 2.09. The number of amides is 1. The van der Waals surface area contributed by atoms with Crippen LogP contribution in [0.15, 0.2) is 23.1 Å². The third-order valence-electron chi connectivity index (χ3n) is 3.74. The number of thioether (sulfide) groups is 1. The lowest BCUT2D eigenvalue weighted by molar-refractivity contribution is -0.385. The number of likely N-dealkylation sites (N-methyl/N-ethyl adjacent to an activating group) is 1. The summed E-state index contributed by atoms with van der Waals surface area (Å²) >= 11 is 1.47. The Balaban J connectivity index is 2.23. The highest BCUT2D eigenvalue weighted by molar-refractivity contribution is 7.98. The third-order valence-corrected chi connectivity index (χ3v) is 4.46. The fourth-order valence-electron chi connectivity index (χ4n) is 2.41. The Labute approximate surface area is 128 Å². The molecule has 0 N–H and O–H groups in total. The molecule has 1 aromatic carbocycles. The zero-order valence-corrected chi connectivity index (χ0v) is 13.1. The summed E-state index contributed by atoms with van der Waals surface area (Å²) in [7, 11) is 0. The van der Waals surface area contributed by atoms with Gasteiger partial charge in [-0.1, -0.05) is 6.92 Å². The lowest BCUT2D eigenvalue weighted by Gasteiger charge is -2.34. The van der Waals surface area contributed by atoms with Crippen molar-refractivity contribution in [2.45, 2.75) is 11.8 Å². The van der Waals surface area contributed by atoms with E-state index in [9.17, 15) is 14.9 Å². The summed E-state index contributed by atoms with van der Waals surface area (Å²) in [6.45, 7) is 5.92. The minimum Gasteiger partial charge on any atom is -0.336 e. The molecule has 1 aliphatic heterocycles. The predicted molar refractivity (Wildman–Crippen MR) is 82.9 cm³/mol. The van der Waals surface area contributed by atoms with Crippen LogP contribution in [0, 0.1) is 10.1 Å². The van der Waals surface area contributed by atoms with Crippen LogP contribution >= 0.6 is 11.8 Å². The zero-order valence-electron chi connectivity index (χ0n) is 12.2. The summed E-state index contributed by atoms with van der Waals surface area (Å²) in [5.41, 5.74) is 0.0764. The molecule has 7 heteroatoms. The number of hydrogen-bond acceptors (Lipinski definition) is 5. The number of nitro benzene ring substituents is 1. The summed E-state index contributed by atoms with van der Waals surface area (Å²) in [6, 6.07) is 4.72. The van der Waals surface area contributed by atoms with Gasteiger partial charge in [0.2, 0.25) is 0 Å². The Morgan fingerprint density at radius 3 is 2.52 bits per heavy atom. The number of nitrogens with zero attached hydrogens (tertiary/aromatic N) is 3. The van der Waals surface area contributed by atoms with Crippen molar-refractivity contribution in [3.8, 4) is 0 Å². The molecular weight excluding hydrogens is 290 g/mol. The van der Waals surface area contributed by atoms with Crippen LogP contribution in [0.4, 0.5) is 5.69 Å². The van der Waals surface area contributed by atoms with Crippen molar-refractivity contribution in [3.05, 3.63) is 33.9 Å². The lowest BCUT2D eigenvalue weighted by Crippen LogP contribution is -2.48. The van der Waals surface area contributed by atoms with E-state index in [4.69, 9.17) is 0 Å². The fraction of sp³-hybridized carbons (Fsp3) is 0.500. The van der Waals surface area contributed by atoms with Crippen LogP contribution < -0.4 is 0 Å². The normalized spacial score (nSPS) is 16.0. The molecule has 0 atom stereocenters. The highest BCUT2D eigenvalue weighted by atomic mass is 32.2. The SMILES string of the molecule is CCN1CCN(C(=O)c2cc(SC)ccc2[N+](=O)[O-])CC1. The minimum absolute atomic E-state index is 0.115. The number of benzene rings is 1. The van der Waals surface area contributed by atoms with Crippen molar-refractivity contribution in [2.24, 2.45) is 0 Å². The zero-order chi connectivity index (χ0) is 15.4. The van der Waals surface area contributed by atoms with Crippen LogP contribution in [0.2, 0.25) is 0 Å². The molecule has 1 saturated heterocycles. The molecule has 0 aromatic heterocycles. The Morgan fingerprint density at radius 1 is 1.33 bits per heavy atom. The van der Waals surface area contributed by atoms with E-state index in [0.717, 1.165) is 24.5 Å². The van der Waals surface area contributed by atoms with Gasteiger partial charge in [-0.25, -0.2) is 0 Å². The van der Waals surface area contributed by atoms with E-state index >= 15 is 0 Å². The quantitative estimate of drug-likeness (QED) is 0.484. The molecule has 0 bridgehead atoms. The fourth-order valence-corrected chi connectivity index (χ4v) is 2.85. The molecule has 0 aliphatic carbocycles. The largest absolute Gasteiger partial charge is 0.336 e. The van der Waals surface area contributed by atoms with Crippen molar-refractivity contribution in [1.29, 1.82) is 0 Å². The monoisotopic (exact) mass is 309 g/mol. The number of nitro groups is 1. The maximum atomic E-state index is 12.6. The summed E-state index contributed by atoms with van der Waals surface area (Å²) in [5.74, 6) is -0.242. The molecule has 1 amide bonds. The molecule has 1 fully saturated rings. The van der Waals surface area contributed by atoms with Gasteiger partial charge in [0.05, 0.1) is 4.92 Å². The molecule has 6 nitrogen and oxygen atoms in total. The van der Waals surface area contributed by atoms with Gasteiger partial charge in [-0.3, -0.25) is 14.9 Å². The molecule has 2 rings (SSSR count). The number of carbonyl (C=O) groups excluding carboxylic acids is 1. The van der Waals surface area contributed by atoms with Crippen LogP contribution in [-0.2, 0) is 0 Å². The summed E-state index contributed by atoms with van der Waals surface area (Å²) in [6.07, 6.45) is 1.88. The maximum absolute atomic E-state index is 12.6. The standard InChI is InChI=1S/C14H19N3O3S/c1-3-15-6-8-16(9-7-15)14(18)12-10-11(21-2)4-5-13(12)17(19)20/h4-5,10H,3,6-9H2,1-2H3. The van der Waals surface area contributed by atoms with Crippen molar-refractivity contribution in [3.63, 3.8) is 0 Å². The molecule has 114 valence electrons. The third kappa shape index (κ3) is 3.54. The number of carbonyl (C=O) groups is 1. The average Bonchev–Trinajstić information content (AvgIpc) is 2.53.